The summed E-state index contributed by atoms with van der Waals surface area (Å²) in [5.41, 5.74) is 1.81. The van der Waals surface area contributed by atoms with E-state index < -0.39 is 0 Å². The molecule has 2 aliphatic rings. The number of morpholine rings is 1. The minimum Gasteiger partial charge on any atom is -0.378 e. The molecule has 0 radical (unpaired) electrons. The van der Waals surface area contributed by atoms with E-state index in [1.165, 1.54) is 0 Å². The number of amides is 2. The third-order valence-corrected chi connectivity index (χ3v) is 5.02. The maximum absolute atomic E-state index is 12.4. The largest absolute Gasteiger partial charge is 0.378 e. The Kier molecular flexibility index (Phi) is 5.91. The number of carbonyl (C=O) groups excluding carboxylic acids is 2. The molecule has 0 spiro atoms. The summed E-state index contributed by atoms with van der Waals surface area (Å²) in [5.74, 6) is 0.414. The summed E-state index contributed by atoms with van der Waals surface area (Å²) in [7, 11) is 0. The number of hydrogen-bond donors (Lipinski definition) is 1. The van der Waals surface area contributed by atoms with E-state index in [4.69, 9.17) is 4.74 Å². The normalized spacial score (nSPS) is 21.1. The Labute approximate surface area is 149 Å². The van der Waals surface area contributed by atoms with Gasteiger partial charge in [-0.15, -0.1) is 0 Å². The van der Waals surface area contributed by atoms with Crippen molar-refractivity contribution in [1.29, 1.82) is 0 Å². The number of nitrogens with one attached hydrogen (secondary N) is 1. The van der Waals surface area contributed by atoms with E-state index in [1.807, 2.05) is 29.2 Å². The van der Waals surface area contributed by atoms with Crippen LogP contribution < -0.4 is 10.2 Å². The summed E-state index contributed by atoms with van der Waals surface area (Å²) < 4.78 is 5.36. The van der Waals surface area contributed by atoms with Crippen LogP contribution >= 0.6 is 0 Å². The molecule has 6 heteroatoms. The average molecular weight is 345 g/mol. The highest BCUT2D eigenvalue weighted by Crippen LogP contribution is 2.18. The molecule has 2 heterocycles. The molecular formula is C19H27N3O3. The second kappa shape index (κ2) is 8.34. The molecule has 1 N–H and O–H groups in total. The summed E-state index contributed by atoms with van der Waals surface area (Å²) in [6, 6.07) is 7.75. The molecule has 1 atom stereocenters. The SMILES string of the molecule is CC(=O)N1CCC[C@@H](CNC(=O)c2ccc(N3CCOCC3)cc2)C1. The number of rotatable bonds is 4. The molecule has 2 amide bonds. The number of nitrogens with zero attached hydrogens (tertiary/aromatic N) is 2. The van der Waals surface area contributed by atoms with Crippen LogP contribution in [0, 0.1) is 5.92 Å². The Morgan fingerprint density at radius 1 is 1.16 bits per heavy atom. The topological polar surface area (TPSA) is 61.9 Å². The number of anilines is 1. The number of benzene rings is 1. The van der Waals surface area contributed by atoms with Gasteiger partial charge < -0.3 is 19.9 Å². The second-order valence-electron chi connectivity index (χ2n) is 6.83. The molecule has 2 saturated heterocycles. The number of piperidine rings is 1. The summed E-state index contributed by atoms with van der Waals surface area (Å²) in [5, 5.41) is 3.02. The fourth-order valence-corrected chi connectivity index (χ4v) is 3.50. The molecule has 1 aromatic carbocycles. The molecule has 6 nitrogen and oxygen atoms in total. The van der Waals surface area contributed by atoms with E-state index in [2.05, 4.69) is 10.2 Å². The molecule has 0 aliphatic carbocycles. The van der Waals surface area contributed by atoms with Crippen molar-refractivity contribution in [1.82, 2.24) is 10.2 Å². The van der Waals surface area contributed by atoms with Crippen LogP contribution in [0.5, 0.6) is 0 Å². The first kappa shape index (κ1) is 17.7. The summed E-state index contributed by atoms with van der Waals surface area (Å²) in [6.45, 7) is 7.08. The molecule has 3 rings (SSSR count). The lowest BCUT2D eigenvalue weighted by Gasteiger charge is -2.32. The van der Waals surface area contributed by atoms with Crippen LogP contribution in [0.3, 0.4) is 0 Å². The standard InChI is InChI=1S/C19H27N3O3/c1-15(23)22-8-2-3-16(14-22)13-20-19(24)17-4-6-18(7-5-17)21-9-11-25-12-10-21/h4-7,16H,2-3,8-14H2,1H3,(H,20,24)/t16-/m0/s1. The van der Waals surface area contributed by atoms with Gasteiger partial charge in [0, 0.05) is 50.9 Å². The van der Waals surface area contributed by atoms with Crippen molar-refractivity contribution in [3.8, 4) is 0 Å². The third kappa shape index (κ3) is 4.72. The van der Waals surface area contributed by atoms with Gasteiger partial charge in [0.25, 0.3) is 5.91 Å². The molecule has 136 valence electrons. The van der Waals surface area contributed by atoms with Gasteiger partial charge in [-0.25, -0.2) is 0 Å². The highest BCUT2D eigenvalue weighted by Gasteiger charge is 2.22. The van der Waals surface area contributed by atoms with E-state index in [-0.39, 0.29) is 11.8 Å². The first-order chi connectivity index (χ1) is 12.1. The monoisotopic (exact) mass is 345 g/mol. The van der Waals surface area contributed by atoms with Crippen LogP contribution in [0.4, 0.5) is 5.69 Å². The van der Waals surface area contributed by atoms with Crippen LogP contribution in [-0.4, -0.2) is 62.7 Å². The van der Waals surface area contributed by atoms with Crippen molar-refractivity contribution in [3.05, 3.63) is 29.8 Å². The molecular weight excluding hydrogens is 318 g/mol. The van der Waals surface area contributed by atoms with Crippen LogP contribution in [0.25, 0.3) is 0 Å². The highest BCUT2D eigenvalue weighted by atomic mass is 16.5. The first-order valence-electron chi connectivity index (χ1n) is 9.10. The van der Waals surface area contributed by atoms with Crippen LogP contribution in [0.15, 0.2) is 24.3 Å². The van der Waals surface area contributed by atoms with Crippen molar-refractivity contribution in [2.45, 2.75) is 19.8 Å². The zero-order valence-corrected chi connectivity index (χ0v) is 14.9. The summed E-state index contributed by atoms with van der Waals surface area (Å²) >= 11 is 0. The molecule has 0 aromatic heterocycles. The maximum Gasteiger partial charge on any atom is 0.251 e. The van der Waals surface area contributed by atoms with Gasteiger partial charge in [-0.2, -0.15) is 0 Å². The van der Waals surface area contributed by atoms with Crippen molar-refractivity contribution < 1.29 is 14.3 Å². The van der Waals surface area contributed by atoms with Gasteiger partial charge in [0.2, 0.25) is 5.91 Å². The quantitative estimate of drug-likeness (QED) is 0.899. The van der Waals surface area contributed by atoms with Gasteiger partial charge in [-0.3, -0.25) is 9.59 Å². The average Bonchev–Trinajstić information content (AvgIpc) is 2.67. The van der Waals surface area contributed by atoms with Crippen molar-refractivity contribution in [2.24, 2.45) is 5.92 Å². The van der Waals surface area contributed by atoms with Gasteiger partial charge >= 0.3 is 0 Å². The third-order valence-electron chi connectivity index (χ3n) is 5.02. The van der Waals surface area contributed by atoms with E-state index >= 15 is 0 Å². The molecule has 1 aromatic rings. The number of ether oxygens (including phenoxy) is 1. The highest BCUT2D eigenvalue weighted by molar-refractivity contribution is 5.94. The van der Waals surface area contributed by atoms with Crippen LogP contribution in [0.2, 0.25) is 0 Å². The minimum atomic E-state index is -0.0477. The van der Waals surface area contributed by atoms with E-state index in [0.29, 0.717) is 18.0 Å². The van der Waals surface area contributed by atoms with Gasteiger partial charge in [-0.05, 0) is 43.0 Å². The number of hydrogen-bond acceptors (Lipinski definition) is 4. The maximum atomic E-state index is 12.4. The predicted molar refractivity (Wildman–Crippen MR) is 96.8 cm³/mol. The zero-order valence-electron chi connectivity index (χ0n) is 14.9. The van der Waals surface area contributed by atoms with E-state index in [9.17, 15) is 9.59 Å². The molecule has 2 fully saturated rings. The second-order valence-corrected chi connectivity index (χ2v) is 6.83. The van der Waals surface area contributed by atoms with Crippen molar-refractivity contribution >= 4 is 17.5 Å². The Balaban J connectivity index is 1.50. The van der Waals surface area contributed by atoms with Gasteiger partial charge in [0.05, 0.1) is 13.2 Å². The van der Waals surface area contributed by atoms with E-state index in [0.717, 1.165) is 57.9 Å². The fraction of sp³-hybridized carbons (Fsp3) is 0.579. The lowest BCUT2D eigenvalue weighted by Crippen LogP contribution is -2.42. The zero-order chi connectivity index (χ0) is 17.6. The van der Waals surface area contributed by atoms with Gasteiger partial charge in [0.1, 0.15) is 0 Å². The molecule has 2 aliphatic heterocycles. The lowest BCUT2D eigenvalue weighted by atomic mass is 9.98. The minimum absolute atomic E-state index is 0.0477. The first-order valence-corrected chi connectivity index (χ1v) is 9.10. The lowest BCUT2D eigenvalue weighted by molar-refractivity contribution is -0.130. The number of likely N-dealkylation sites (tertiary alicyclic amines) is 1. The van der Waals surface area contributed by atoms with Crippen LogP contribution in [-0.2, 0) is 9.53 Å². The summed E-state index contributed by atoms with van der Waals surface area (Å²) in [4.78, 5) is 28.0. The predicted octanol–water partition coefficient (Wildman–Crippen LogP) is 1.51. The Hall–Kier alpha value is -2.08. The molecule has 0 bridgehead atoms. The van der Waals surface area contributed by atoms with Crippen molar-refractivity contribution in [2.75, 3.05) is 50.8 Å². The number of carbonyl (C=O) groups is 2. The molecule has 25 heavy (non-hydrogen) atoms. The Morgan fingerprint density at radius 2 is 1.88 bits per heavy atom. The Morgan fingerprint density at radius 3 is 2.56 bits per heavy atom. The smallest absolute Gasteiger partial charge is 0.251 e. The molecule has 0 unspecified atom stereocenters. The van der Waals surface area contributed by atoms with Gasteiger partial charge in [0.15, 0.2) is 0 Å². The van der Waals surface area contributed by atoms with E-state index in [1.54, 1.807) is 6.92 Å². The molecule has 0 saturated carbocycles. The summed E-state index contributed by atoms with van der Waals surface area (Å²) in [6.07, 6.45) is 2.06. The van der Waals surface area contributed by atoms with Crippen molar-refractivity contribution in [3.63, 3.8) is 0 Å². The van der Waals surface area contributed by atoms with Gasteiger partial charge in [-0.1, -0.05) is 0 Å². The fourth-order valence-electron chi connectivity index (χ4n) is 3.50. The Bertz CT molecular complexity index is 596. The van der Waals surface area contributed by atoms with Crippen LogP contribution in [0.1, 0.15) is 30.1 Å².